The van der Waals surface area contributed by atoms with Crippen molar-refractivity contribution in [2.24, 2.45) is 0 Å². The molecule has 1 fully saturated rings. The molecule has 0 radical (unpaired) electrons. The molecule has 21 heavy (non-hydrogen) atoms. The molecule has 2 heterocycles. The van der Waals surface area contributed by atoms with Gasteiger partial charge in [0.2, 0.25) is 0 Å². The number of H-pyrrole nitrogens is 1. The number of aromatic nitrogens is 2. The Kier molecular flexibility index (Phi) is 3.09. The quantitative estimate of drug-likeness (QED) is 0.303. The number of nitrogens with one attached hydrogen (secondary N) is 1. The van der Waals surface area contributed by atoms with Crippen molar-refractivity contribution in [1.29, 1.82) is 0 Å². The molecule has 0 amide bonds. The molecule has 0 aliphatic carbocycles. The van der Waals surface area contributed by atoms with Crippen LogP contribution in [0.2, 0.25) is 0 Å². The molecule has 0 spiro atoms. The van der Waals surface area contributed by atoms with E-state index in [-0.39, 0.29) is 11.7 Å². The molecule has 0 atom stereocenters. The highest BCUT2D eigenvalue weighted by Crippen LogP contribution is 2.27. The fraction of sp³-hybridized carbons (Fsp3) is 0.231. The fourth-order valence-corrected chi connectivity index (χ4v) is 2.78. The van der Waals surface area contributed by atoms with E-state index in [2.05, 4.69) is 4.98 Å². The molecule has 0 unspecified atom stereocenters. The predicted octanol–water partition coefficient (Wildman–Crippen LogP) is 2.78. The van der Waals surface area contributed by atoms with Gasteiger partial charge >= 0.3 is 5.97 Å². The minimum atomic E-state index is -0.466. The number of imidazole rings is 1. The largest absolute Gasteiger partial charge is 0.462 e. The van der Waals surface area contributed by atoms with Crippen LogP contribution in [0.4, 0.5) is 5.69 Å². The van der Waals surface area contributed by atoms with Gasteiger partial charge in [0.1, 0.15) is 0 Å². The van der Waals surface area contributed by atoms with Gasteiger partial charge in [0, 0.05) is 24.3 Å². The molecular weight excluding hydrogens is 294 g/mol. The summed E-state index contributed by atoms with van der Waals surface area (Å²) in [6.45, 7) is 2.10. The first-order valence-corrected chi connectivity index (χ1v) is 6.66. The maximum absolute atomic E-state index is 11.7. The van der Waals surface area contributed by atoms with Crippen LogP contribution in [-0.2, 0) is 9.53 Å². The number of ether oxygens (including phenoxy) is 1. The number of nitro benzene ring substituents is 1. The Balaban J connectivity index is 2.29. The van der Waals surface area contributed by atoms with Crippen LogP contribution in [0.25, 0.3) is 16.7 Å². The Bertz CT molecular complexity index is 862. The molecule has 1 aliphatic heterocycles. The second-order valence-electron chi connectivity index (χ2n) is 4.67. The van der Waals surface area contributed by atoms with Crippen LogP contribution in [0.5, 0.6) is 0 Å². The molecule has 1 aliphatic rings. The molecule has 0 saturated carbocycles. The Hall–Kier alpha value is -2.48. The third-order valence-electron chi connectivity index (χ3n) is 3.48. The number of carbonyl (C=O) groups is 1. The maximum atomic E-state index is 11.7. The van der Waals surface area contributed by atoms with E-state index in [1.807, 2.05) is 0 Å². The molecule has 8 heteroatoms. The normalized spacial score (nSPS) is 17.1. The molecule has 1 aromatic carbocycles. The van der Waals surface area contributed by atoms with E-state index >= 15 is 0 Å². The van der Waals surface area contributed by atoms with Crippen LogP contribution in [0.1, 0.15) is 13.3 Å². The van der Waals surface area contributed by atoms with E-state index < -0.39 is 4.92 Å². The molecular formula is C13H11N3O4S. The molecule has 7 nitrogen and oxygen atoms in total. The summed E-state index contributed by atoms with van der Waals surface area (Å²) >= 11 is 5.26. The highest BCUT2D eigenvalue weighted by molar-refractivity contribution is 7.71. The first kappa shape index (κ1) is 13.5. The van der Waals surface area contributed by atoms with Crippen LogP contribution in [0, 0.1) is 14.9 Å². The van der Waals surface area contributed by atoms with Crippen molar-refractivity contribution in [3.8, 4) is 0 Å². The SMILES string of the molecule is C/C(=C1\CCOC1=O)n1c(=S)[nH]c2ccc([N+](=O)[O-])cc21. The summed E-state index contributed by atoms with van der Waals surface area (Å²) in [7, 11) is 0. The third kappa shape index (κ3) is 2.13. The monoisotopic (exact) mass is 305 g/mol. The summed E-state index contributed by atoms with van der Waals surface area (Å²) in [5.41, 5.74) is 2.39. The van der Waals surface area contributed by atoms with Gasteiger partial charge in [0.15, 0.2) is 4.77 Å². The van der Waals surface area contributed by atoms with Crippen molar-refractivity contribution in [3.63, 3.8) is 0 Å². The number of benzene rings is 1. The Morgan fingerprint density at radius 2 is 2.29 bits per heavy atom. The number of cyclic esters (lactones) is 1. The third-order valence-corrected chi connectivity index (χ3v) is 3.77. The number of hydrogen-bond acceptors (Lipinski definition) is 5. The Labute approximate surface area is 124 Å². The lowest BCUT2D eigenvalue weighted by Crippen LogP contribution is -2.03. The summed E-state index contributed by atoms with van der Waals surface area (Å²) in [6.07, 6.45) is 0.508. The molecule has 1 aromatic heterocycles. The van der Waals surface area contributed by atoms with Crippen LogP contribution in [0.15, 0.2) is 23.8 Å². The number of nitro groups is 1. The first-order chi connectivity index (χ1) is 9.99. The highest BCUT2D eigenvalue weighted by atomic mass is 32.1. The molecule has 1 saturated heterocycles. The lowest BCUT2D eigenvalue weighted by molar-refractivity contribution is -0.384. The zero-order chi connectivity index (χ0) is 15.1. The Morgan fingerprint density at radius 3 is 2.90 bits per heavy atom. The second kappa shape index (κ2) is 4.81. The van der Waals surface area contributed by atoms with Crippen molar-refractivity contribution in [2.75, 3.05) is 6.61 Å². The topological polar surface area (TPSA) is 90.2 Å². The average molecular weight is 305 g/mol. The summed E-state index contributed by atoms with van der Waals surface area (Å²) in [4.78, 5) is 25.1. The van der Waals surface area contributed by atoms with E-state index in [1.54, 1.807) is 17.6 Å². The van der Waals surface area contributed by atoms with Crippen molar-refractivity contribution in [3.05, 3.63) is 38.7 Å². The van der Waals surface area contributed by atoms with Gasteiger partial charge in [-0.05, 0) is 25.2 Å². The lowest BCUT2D eigenvalue weighted by atomic mass is 10.2. The van der Waals surface area contributed by atoms with Gasteiger partial charge in [-0.3, -0.25) is 14.7 Å². The smallest absolute Gasteiger partial charge is 0.335 e. The Morgan fingerprint density at radius 1 is 1.52 bits per heavy atom. The number of aromatic amines is 1. The second-order valence-corrected chi connectivity index (χ2v) is 5.06. The molecule has 108 valence electrons. The number of fused-ring (bicyclic) bond motifs is 1. The number of hydrogen-bond donors (Lipinski definition) is 1. The van der Waals surface area contributed by atoms with Gasteiger partial charge in [-0.25, -0.2) is 4.79 Å². The number of allylic oxidation sites excluding steroid dienone is 1. The van der Waals surface area contributed by atoms with Gasteiger partial charge in [0.25, 0.3) is 5.69 Å². The lowest BCUT2D eigenvalue weighted by Gasteiger charge is -2.06. The van der Waals surface area contributed by atoms with Crippen LogP contribution in [-0.4, -0.2) is 27.1 Å². The number of nitrogens with zero attached hydrogens (tertiary/aromatic N) is 2. The fourth-order valence-electron chi connectivity index (χ4n) is 2.44. The molecule has 1 N–H and O–H groups in total. The first-order valence-electron chi connectivity index (χ1n) is 6.25. The summed E-state index contributed by atoms with van der Waals surface area (Å²) in [6, 6.07) is 4.45. The molecule has 2 aromatic rings. The van der Waals surface area contributed by atoms with E-state index in [4.69, 9.17) is 17.0 Å². The van der Waals surface area contributed by atoms with E-state index in [1.165, 1.54) is 12.1 Å². The predicted molar refractivity (Wildman–Crippen MR) is 78.2 cm³/mol. The minimum Gasteiger partial charge on any atom is -0.462 e. The van der Waals surface area contributed by atoms with E-state index in [9.17, 15) is 14.9 Å². The number of carbonyl (C=O) groups excluding carboxylic acids is 1. The highest BCUT2D eigenvalue weighted by Gasteiger charge is 2.23. The summed E-state index contributed by atoms with van der Waals surface area (Å²) in [5, 5.41) is 10.9. The summed E-state index contributed by atoms with van der Waals surface area (Å²) < 4.78 is 6.96. The van der Waals surface area contributed by atoms with Crippen molar-refractivity contribution >= 4 is 40.6 Å². The van der Waals surface area contributed by atoms with Crippen molar-refractivity contribution in [2.45, 2.75) is 13.3 Å². The minimum absolute atomic E-state index is 0.0305. The zero-order valence-corrected chi connectivity index (χ0v) is 11.9. The van der Waals surface area contributed by atoms with Crippen LogP contribution < -0.4 is 0 Å². The maximum Gasteiger partial charge on any atom is 0.335 e. The molecule has 3 rings (SSSR count). The van der Waals surface area contributed by atoms with E-state index in [0.717, 1.165) is 0 Å². The number of esters is 1. The van der Waals surface area contributed by atoms with Crippen LogP contribution >= 0.6 is 12.2 Å². The molecule has 0 bridgehead atoms. The van der Waals surface area contributed by atoms with Gasteiger partial charge < -0.3 is 9.72 Å². The number of non-ortho nitro benzene ring substituents is 1. The zero-order valence-electron chi connectivity index (χ0n) is 11.1. The standard InChI is InChI=1S/C13H11N3O4S/c1-7(9-4-5-20-12(9)17)15-11-6-8(16(18)19)2-3-10(11)14-13(15)21/h2-3,6H,4-5H2,1H3,(H,14,21)/b9-7-. The van der Waals surface area contributed by atoms with Gasteiger partial charge in [0.05, 0.1) is 28.1 Å². The van der Waals surface area contributed by atoms with Gasteiger partial charge in [-0.15, -0.1) is 0 Å². The van der Waals surface area contributed by atoms with Crippen LogP contribution in [0.3, 0.4) is 0 Å². The van der Waals surface area contributed by atoms with E-state index in [0.29, 0.717) is 40.1 Å². The summed E-state index contributed by atoms with van der Waals surface area (Å²) in [5.74, 6) is -0.366. The average Bonchev–Trinajstić information content (AvgIpc) is 2.99. The van der Waals surface area contributed by atoms with Crippen molar-refractivity contribution in [1.82, 2.24) is 9.55 Å². The number of rotatable bonds is 2. The van der Waals surface area contributed by atoms with Gasteiger partial charge in [-0.2, -0.15) is 0 Å². The van der Waals surface area contributed by atoms with Crippen molar-refractivity contribution < 1.29 is 14.5 Å². The van der Waals surface area contributed by atoms with Gasteiger partial charge in [-0.1, -0.05) is 0 Å².